The van der Waals surface area contributed by atoms with Crippen LogP contribution in [0.3, 0.4) is 0 Å². The van der Waals surface area contributed by atoms with Crippen LogP contribution in [-0.2, 0) is 12.8 Å². The number of rotatable bonds is 12. The molecule has 0 fully saturated rings. The Morgan fingerprint density at radius 1 is 1.09 bits per heavy atom. The molecule has 0 aliphatic heterocycles. The fourth-order valence-electron chi connectivity index (χ4n) is 4.00. The Bertz CT molecular complexity index is 1300. The largest absolute Gasteiger partial charge is 0.493 e. The highest BCUT2D eigenvalue weighted by Gasteiger charge is 2.17. The van der Waals surface area contributed by atoms with E-state index in [0.29, 0.717) is 41.0 Å². The van der Waals surface area contributed by atoms with Gasteiger partial charge in [-0.1, -0.05) is 26.7 Å². The van der Waals surface area contributed by atoms with Crippen molar-refractivity contribution in [2.75, 3.05) is 18.1 Å². The van der Waals surface area contributed by atoms with E-state index in [4.69, 9.17) is 14.9 Å². The monoisotopic (exact) mass is 497 g/mol. The van der Waals surface area contributed by atoms with Crippen molar-refractivity contribution in [1.82, 2.24) is 0 Å². The molecular weight excluding hydrogens is 466 g/mol. The number of carbonyl (C=O) groups is 2. The first kappa shape index (κ1) is 26.3. The van der Waals surface area contributed by atoms with Crippen LogP contribution in [0.15, 0.2) is 44.4 Å². The van der Waals surface area contributed by atoms with E-state index in [1.807, 2.05) is 13.0 Å². The molecule has 8 heteroatoms. The first-order chi connectivity index (χ1) is 16.8. The van der Waals surface area contributed by atoms with Crippen molar-refractivity contribution in [2.24, 2.45) is 0 Å². The van der Waals surface area contributed by atoms with E-state index in [1.54, 1.807) is 30.0 Å². The fraction of sp³-hybridized carbons (Fsp3) is 0.370. The van der Waals surface area contributed by atoms with E-state index < -0.39 is 5.97 Å². The van der Waals surface area contributed by atoms with Crippen LogP contribution in [0.4, 0.5) is 5.69 Å². The number of nitrogens with two attached hydrogens (primary N) is 1. The third-order valence-electron chi connectivity index (χ3n) is 5.67. The van der Waals surface area contributed by atoms with Crippen molar-refractivity contribution >= 4 is 40.2 Å². The van der Waals surface area contributed by atoms with Crippen molar-refractivity contribution in [3.05, 3.63) is 63.0 Å². The third-order valence-corrected chi connectivity index (χ3v) is 6.85. The molecule has 186 valence electrons. The number of ketones is 1. The van der Waals surface area contributed by atoms with Crippen molar-refractivity contribution in [3.8, 4) is 5.75 Å². The van der Waals surface area contributed by atoms with Gasteiger partial charge in [0.15, 0.2) is 11.2 Å². The number of anilines is 1. The molecule has 2 aromatic carbocycles. The minimum absolute atomic E-state index is 0.0330. The summed E-state index contributed by atoms with van der Waals surface area (Å²) in [4.78, 5) is 36.6. The summed E-state index contributed by atoms with van der Waals surface area (Å²) in [6.45, 7) is 6.05. The van der Waals surface area contributed by atoms with Gasteiger partial charge in [0.1, 0.15) is 11.3 Å². The molecule has 0 spiro atoms. The lowest BCUT2D eigenvalue weighted by Crippen LogP contribution is -2.09. The summed E-state index contributed by atoms with van der Waals surface area (Å²) in [5.74, 6) is -0.309. The number of hydrogen-bond acceptors (Lipinski definition) is 7. The van der Waals surface area contributed by atoms with Crippen molar-refractivity contribution in [1.29, 1.82) is 0 Å². The molecule has 7 nitrogen and oxygen atoms in total. The molecule has 3 aromatic rings. The molecular formula is C27H31NO6S. The Hall–Kier alpha value is -3.26. The Labute approximate surface area is 208 Å². The fourth-order valence-corrected chi connectivity index (χ4v) is 5.03. The molecule has 3 rings (SSSR count). The van der Waals surface area contributed by atoms with Crippen molar-refractivity contribution in [3.63, 3.8) is 0 Å². The number of carbonyl (C=O) groups excluding carboxylic acids is 1. The predicted octanol–water partition coefficient (Wildman–Crippen LogP) is 5.74. The van der Waals surface area contributed by atoms with Gasteiger partial charge >= 0.3 is 5.97 Å². The van der Waals surface area contributed by atoms with Crippen molar-refractivity contribution < 1.29 is 23.8 Å². The number of ether oxygens (including phenoxy) is 1. The van der Waals surface area contributed by atoms with E-state index in [0.717, 1.165) is 48.0 Å². The Balaban J connectivity index is 1.72. The van der Waals surface area contributed by atoms with Gasteiger partial charge in [0.05, 0.1) is 12.0 Å². The number of carboxylic acids is 1. The smallest absolute Gasteiger partial charge is 0.371 e. The van der Waals surface area contributed by atoms with Gasteiger partial charge in [-0.2, -0.15) is 0 Å². The van der Waals surface area contributed by atoms with E-state index in [1.165, 1.54) is 6.92 Å². The Morgan fingerprint density at radius 2 is 1.80 bits per heavy atom. The number of benzene rings is 2. The third kappa shape index (κ3) is 6.06. The molecule has 1 heterocycles. The van der Waals surface area contributed by atoms with Crippen LogP contribution in [0.1, 0.15) is 72.1 Å². The molecule has 0 amide bonds. The lowest BCUT2D eigenvalue weighted by atomic mass is 10.0. The molecule has 0 aliphatic rings. The van der Waals surface area contributed by atoms with Gasteiger partial charge in [-0.3, -0.25) is 9.59 Å². The number of hydrogen-bond donors (Lipinski definition) is 2. The Morgan fingerprint density at radius 3 is 2.46 bits per heavy atom. The van der Waals surface area contributed by atoms with Gasteiger partial charge in [-0.05, 0) is 56.0 Å². The molecule has 0 bridgehead atoms. The summed E-state index contributed by atoms with van der Waals surface area (Å²) in [5, 5.41) is 9.62. The van der Waals surface area contributed by atoms with Crippen molar-refractivity contribution in [2.45, 2.75) is 57.8 Å². The number of thioether (sulfide) groups is 1. The normalized spacial score (nSPS) is 11.1. The van der Waals surface area contributed by atoms with Crippen LogP contribution in [0, 0.1) is 0 Å². The van der Waals surface area contributed by atoms with Gasteiger partial charge in [0, 0.05) is 33.5 Å². The lowest BCUT2D eigenvalue weighted by Gasteiger charge is -2.15. The number of nitrogen functional groups attached to an aromatic ring is 1. The van der Waals surface area contributed by atoms with Gasteiger partial charge in [0.2, 0.25) is 5.76 Å². The summed E-state index contributed by atoms with van der Waals surface area (Å²) < 4.78 is 11.6. The van der Waals surface area contributed by atoms with Crippen LogP contribution < -0.4 is 15.9 Å². The molecule has 0 saturated carbocycles. The minimum atomic E-state index is -1.28. The van der Waals surface area contributed by atoms with Gasteiger partial charge in [-0.25, -0.2) is 4.79 Å². The maximum Gasteiger partial charge on any atom is 0.371 e. The molecule has 0 saturated heterocycles. The minimum Gasteiger partial charge on any atom is -0.493 e. The summed E-state index contributed by atoms with van der Waals surface area (Å²) >= 11 is 1.68. The first-order valence-electron chi connectivity index (χ1n) is 11.8. The summed E-state index contributed by atoms with van der Waals surface area (Å²) in [5.41, 5.74) is 9.03. The highest BCUT2D eigenvalue weighted by Crippen LogP contribution is 2.32. The lowest BCUT2D eigenvalue weighted by molar-refractivity contribution is 0.0662. The van der Waals surface area contributed by atoms with Gasteiger partial charge in [0.25, 0.3) is 0 Å². The maximum atomic E-state index is 12.4. The van der Waals surface area contributed by atoms with Crippen LogP contribution >= 0.6 is 11.8 Å². The standard InChI is InChI=1S/C27H31NO6S/c1-4-7-19-22(11-9-18-21(30)15-23(27(31)32)34-26(18)19)33-13-6-14-35-24-12-10-17(16(3)29)25(28)20(24)8-5-2/h9-12,15H,4-8,13-14,28H2,1-3H3,(H,31,32). The molecule has 0 radical (unpaired) electrons. The average molecular weight is 498 g/mol. The van der Waals surface area contributed by atoms with Crippen LogP contribution in [0.25, 0.3) is 11.0 Å². The summed E-state index contributed by atoms with van der Waals surface area (Å²) in [7, 11) is 0. The highest BCUT2D eigenvalue weighted by atomic mass is 32.2. The van der Waals surface area contributed by atoms with Crippen LogP contribution in [0.2, 0.25) is 0 Å². The number of fused-ring (bicyclic) bond motifs is 1. The zero-order chi connectivity index (χ0) is 25.5. The molecule has 35 heavy (non-hydrogen) atoms. The molecule has 3 N–H and O–H groups in total. The summed E-state index contributed by atoms with van der Waals surface area (Å²) in [6.07, 6.45) is 3.88. The Kier molecular flexibility index (Phi) is 8.98. The van der Waals surface area contributed by atoms with Gasteiger partial charge < -0.3 is 20.0 Å². The number of Topliss-reactive ketones (excluding diaryl/α,β-unsaturated/α-hetero) is 1. The SMILES string of the molecule is CCCc1c(SCCCOc2ccc3c(=O)cc(C(=O)O)oc3c2CCC)ccc(C(C)=O)c1N. The zero-order valence-electron chi connectivity index (χ0n) is 20.3. The van der Waals surface area contributed by atoms with E-state index >= 15 is 0 Å². The zero-order valence-corrected chi connectivity index (χ0v) is 21.1. The average Bonchev–Trinajstić information content (AvgIpc) is 2.81. The van der Waals surface area contributed by atoms with Gasteiger partial charge in [-0.15, -0.1) is 11.8 Å². The first-order valence-corrected chi connectivity index (χ1v) is 12.8. The number of carboxylic acid groups (broad SMARTS) is 1. The van der Waals surface area contributed by atoms with E-state index in [9.17, 15) is 19.5 Å². The molecule has 1 aromatic heterocycles. The van der Waals surface area contributed by atoms with E-state index in [-0.39, 0.29) is 22.6 Å². The predicted molar refractivity (Wildman–Crippen MR) is 139 cm³/mol. The van der Waals surface area contributed by atoms with E-state index in [2.05, 4.69) is 6.92 Å². The summed E-state index contributed by atoms with van der Waals surface area (Å²) in [6, 6.07) is 8.13. The number of aromatic carboxylic acids is 1. The maximum absolute atomic E-state index is 12.4. The second kappa shape index (κ2) is 11.9. The quantitative estimate of drug-likeness (QED) is 0.141. The second-order valence-electron chi connectivity index (χ2n) is 8.31. The number of aryl methyl sites for hydroxylation is 1. The molecule has 0 atom stereocenters. The highest BCUT2D eigenvalue weighted by molar-refractivity contribution is 7.99. The van der Waals surface area contributed by atoms with Crippen LogP contribution in [-0.4, -0.2) is 29.2 Å². The molecule has 0 aliphatic carbocycles. The second-order valence-corrected chi connectivity index (χ2v) is 9.45. The van der Waals surface area contributed by atoms with Crippen LogP contribution in [0.5, 0.6) is 5.75 Å². The molecule has 0 unspecified atom stereocenters. The topological polar surface area (TPSA) is 120 Å².